The van der Waals surface area contributed by atoms with Gasteiger partial charge < -0.3 is 4.74 Å². The first-order chi connectivity index (χ1) is 10.1. The fraction of sp³-hybridized carbons (Fsp3) is 0.250. The fourth-order valence-electron chi connectivity index (χ4n) is 2.13. The van der Waals surface area contributed by atoms with Gasteiger partial charge in [0.25, 0.3) is 5.69 Å². The third kappa shape index (κ3) is 4.29. The molecule has 2 aromatic rings. The molecular weight excluding hydrogens is 334 g/mol. The van der Waals surface area contributed by atoms with Gasteiger partial charge in [-0.05, 0) is 30.0 Å². The standard InChI is InChI=1S/C16H16BrNO3/c1-21-15-10-12(9-14(11-15)18(19)20)7-8-16(17)13-5-3-2-4-6-13/h2-6,9-11,16H,7-8H2,1H3. The molecular formula is C16H16BrNO3. The second kappa shape index (κ2) is 7.22. The molecule has 4 nitrogen and oxygen atoms in total. The number of rotatable bonds is 6. The number of ether oxygens (including phenoxy) is 1. The topological polar surface area (TPSA) is 52.4 Å². The number of aryl methyl sites for hydroxylation is 1. The number of hydrogen-bond acceptors (Lipinski definition) is 3. The quantitative estimate of drug-likeness (QED) is 0.432. The molecule has 0 bridgehead atoms. The van der Waals surface area contributed by atoms with Crippen molar-refractivity contribution < 1.29 is 9.66 Å². The predicted octanol–water partition coefficient (Wildman–Crippen LogP) is 4.67. The molecule has 5 heteroatoms. The van der Waals surface area contributed by atoms with Crippen LogP contribution >= 0.6 is 15.9 Å². The van der Waals surface area contributed by atoms with Gasteiger partial charge in [0.2, 0.25) is 0 Å². The molecule has 1 atom stereocenters. The van der Waals surface area contributed by atoms with E-state index in [4.69, 9.17) is 4.74 Å². The maximum Gasteiger partial charge on any atom is 0.273 e. The van der Waals surface area contributed by atoms with Crippen molar-refractivity contribution in [2.75, 3.05) is 7.11 Å². The van der Waals surface area contributed by atoms with Crippen LogP contribution in [0.4, 0.5) is 5.69 Å². The van der Waals surface area contributed by atoms with Gasteiger partial charge in [-0.15, -0.1) is 0 Å². The van der Waals surface area contributed by atoms with Crippen LogP contribution in [0.15, 0.2) is 48.5 Å². The Bertz CT molecular complexity index is 616. The van der Waals surface area contributed by atoms with Crippen LogP contribution in [0.2, 0.25) is 0 Å². The monoisotopic (exact) mass is 349 g/mol. The minimum atomic E-state index is -0.394. The van der Waals surface area contributed by atoms with E-state index in [0.29, 0.717) is 5.75 Å². The number of non-ortho nitro benzene ring substituents is 1. The van der Waals surface area contributed by atoms with E-state index in [-0.39, 0.29) is 10.5 Å². The summed E-state index contributed by atoms with van der Waals surface area (Å²) >= 11 is 3.66. The average molecular weight is 350 g/mol. The Balaban J connectivity index is 2.09. The first kappa shape index (κ1) is 15.5. The van der Waals surface area contributed by atoms with E-state index >= 15 is 0 Å². The third-order valence-electron chi connectivity index (χ3n) is 3.25. The molecule has 0 N–H and O–H groups in total. The van der Waals surface area contributed by atoms with E-state index in [1.807, 2.05) is 24.3 Å². The van der Waals surface area contributed by atoms with Crippen LogP contribution in [0, 0.1) is 10.1 Å². The molecule has 110 valence electrons. The van der Waals surface area contributed by atoms with Gasteiger partial charge in [-0.2, -0.15) is 0 Å². The van der Waals surface area contributed by atoms with Gasteiger partial charge in [0.15, 0.2) is 0 Å². The van der Waals surface area contributed by atoms with Crippen molar-refractivity contribution >= 4 is 21.6 Å². The number of hydrogen-bond donors (Lipinski definition) is 0. The smallest absolute Gasteiger partial charge is 0.273 e. The predicted molar refractivity (Wildman–Crippen MR) is 86.1 cm³/mol. The van der Waals surface area contributed by atoms with Gasteiger partial charge in [0.05, 0.1) is 18.1 Å². The zero-order valence-corrected chi connectivity index (χ0v) is 13.2. The Hall–Kier alpha value is -1.88. The highest BCUT2D eigenvalue weighted by Gasteiger charge is 2.12. The van der Waals surface area contributed by atoms with Crippen molar-refractivity contribution in [3.8, 4) is 5.75 Å². The molecule has 0 radical (unpaired) electrons. The molecule has 0 aromatic heterocycles. The van der Waals surface area contributed by atoms with Gasteiger partial charge >= 0.3 is 0 Å². The van der Waals surface area contributed by atoms with Crippen LogP contribution in [0.5, 0.6) is 5.75 Å². The molecule has 0 aliphatic heterocycles. The van der Waals surface area contributed by atoms with Crippen molar-refractivity contribution in [2.24, 2.45) is 0 Å². The Morgan fingerprint density at radius 3 is 2.57 bits per heavy atom. The molecule has 0 fully saturated rings. The van der Waals surface area contributed by atoms with Gasteiger partial charge in [-0.1, -0.05) is 46.3 Å². The van der Waals surface area contributed by atoms with Crippen LogP contribution < -0.4 is 4.74 Å². The van der Waals surface area contributed by atoms with Crippen molar-refractivity contribution in [1.82, 2.24) is 0 Å². The van der Waals surface area contributed by atoms with Crippen LogP contribution in [-0.4, -0.2) is 12.0 Å². The van der Waals surface area contributed by atoms with Crippen molar-refractivity contribution in [2.45, 2.75) is 17.7 Å². The summed E-state index contributed by atoms with van der Waals surface area (Å²) in [7, 11) is 1.51. The zero-order valence-electron chi connectivity index (χ0n) is 11.7. The fourth-order valence-corrected chi connectivity index (χ4v) is 2.67. The number of nitro groups is 1. The van der Waals surface area contributed by atoms with E-state index in [9.17, 15) is 10.1 Å². The van der Waals surface area contributed by atoms with Crippen molar-refractivity contribution in [3.05, 3.63) is 69.8 Å². The molecule has 0 amide bonds. The molecule has 1 unspecified atom stereocenters. The van der Waals surface area contributed by atoms with Gasteiger partial charge in [0, 0.05) is 10.9 Å². The molecule has 2 rings (SSSR count). The van der Waals surface area contributed by atoms with E-state index in [1.54, 1.807) is 6.07 Å². The summed E-state index contributed by atoms with van der Waals surface area (Å²) in [4.78, 5) is 10.8. The Morgan fingerprint density at radius 2 is 1.95 bits per heavy atom. The van der Waals surface area contributed by atoms with Crippen molar-refractivity contribution in [3.63, 3.8) is 0 Å². The van der Waals surface area contributed by atoms with Gasteiger partial charge in [-0.25, -0.2) is 0 Å². The van der Waals surface area contributed by atoms with Crippen LogP contribution in [0.3, 0.4) is 0 Å². The molecule has 0 aliphatic rings. The maximum atomic E-state index is 10.9. The second-order valence-corrected chi connectivity index (χ2v) is 5.82. The molecule has 2 aromatic carbocycles. The lowest BCUT2D eigenvalue weighted by Gasteiger charge is -2.10. The largest absolute Gasteiger partial charge is 0.496 e. The second-order valence-electron chi connectivity index (χ2n) is 4.71. The minimum Gasteiger partial charge on any atom is -0.496 e. The summed E-state index contributed by atoms with van der Waals surface area (Å²) in [5.74, 6) is 0.519. The summed E-state index contributed by atoms with van der Waals surface area (Å²) in [6, 6.07) is 15.0. The Labute approximate surface area is 132 Å². The van der Waals surface area contributed by atoms with Crippen LogP contribution in [0.25, 0.3) is 0 Å². The van der Waals surface area contributed by atoms with Gasteiger partial charge in [0.1, 0.15) is 5.75 Å². The number of benzene rings is 2. The molecule has 0 heterocycles. The molecule has 0 saturated carbocycles. The van der Waals surface area contributed by atoms with Crippen LogP contribution in [0.1, 0.15) is 22.4 Å². The van der Waals surface area contributed by atoms with E-state index in [1.165, 1.54) is 18.7 Å². The van der Waals surface area contributed by atoms with E-state index < -0.39 is 4.92 Å². The molecule has 0 aliphatic carbocycles. The van der Waals surface area contributed by atoms with Gasteiger partial charge in [-0.3, -0.25) is 10.1 Å². The lowest BCUT2D eigenvalue weighted by Crippen LogP contribution is -1.96. The van der Waals surface area contributed by atoms with E-state index in [2.05, 4.69) is 28.1 Å². The minimum absolute atomic E-state index is 0.0650. The average Bonchev–Trinajstić information content (AvgIpc) is 2.53. The SMILES string of the molecule is COc1cc(CCC(Br)c2ccccc2)cc([N+](=O)[O-])c1. The molecule has 0 spiro atoms. The summed E-state index contributed by atoms with van der Waals surface area (Å²) in [6.07, 6.45) is 1.59. The molecule has 0 saturated heterocycles. The highest BCUT2D eigenvalue weighted by Crippen LogP contribution is 2.29. The van der Waals surface area contributed by atoms with E-state index in [0.717, 1.165) is 18.4 Å². The number of alkyl halides is 1. The number of halogens is 1. The number of methoxy groups -OCH3 is 1. The summed E-state index contributed by atoms with van der Waals surface area (Å²) in [5.41, 5.74) is 2.17. The van der Waals surface area contributed by atoms with Crippen molar-refractivity contribution in [1.29, 1.82) is 0 Å². The first-order valence-electron chi connectivity index (χ1n) is 6.61. The first-order valence-corrected chi connectivity index (χ1v) is 7.53. The molecule has 21 heavy (non-hydrogen) atoms. The van der Waals surface area contributed by atoms with Crippen LogP contribution in [-0.2, 0) is 6.42 Å². The lowest BCUT2D eigenvalue weighted by molar-refractivity contribution is -0.385. The summed E-state index contributed by atoms with van der Waals surface area (Å²) in [5, 5.41) is 10.9. The lowest BCUT2D eigenvalue weighted by atomic mass is 10.0. The highest BCUT2D eigenvalue weighted by molar-refractivity contribution is 9.09. The maximum absolute atomic E-state index is 10.9. The number of nitro benzene ring substituents is 1. The Kier molecular flexibility index (Phi) is 5.33. The normalized spacial score (nSPS) is 11.9. The summed E-state index contributed by atoms with van der Waals surface area (Å²) < 4.78 is 5.12. The number of nitrogens with zero attached hydrogens (tertiary/aromatic N) is 1. The Morgan fingerprint density at radius 1 is 1.24 bits per heavy atom. The summed E-state index contributed by atoms with van der Waals surface area (Å²) in [6.45, 7) is 0. The third-order valence-corrected chi connectivity index (χ3v) is 4.23. The highest BCUT2D eigenvalue weighted by atomic mass is 79.9. The zero-order chi connectivity index (χ0) is 15.2.